The van der Waals surface area contributed by atoms with Crippen LogP contribution in [0.1, 0.15) is 13.3 Å². The van der Waals surface area contributed by atoms with Crippen LogP contribution in [0, 0.1) is 0 Å². The average Bonchev–Trinajstić information content (AvgIpc) is 3.26. The number of morpholine rings is 1. The predicted octanol–water partition coefficient (Wildman–Crippen LogP) is 4.33. The highest BCUT2D eigenvalue weighted by atomic mass is 35.5. The molecule has 1 unspecified atom stereocenters. The smallest absolute Gasteiger partial charge is 0.233 e. The molecule has 1 aliphatic heterocycles. The number of aromatic nitrogens is 3. The molecular formula is C23H25ClN4O3S. The zero-order valence-electron chi connectivity index (χ0n) is 18.0. The number of thioether (sulfide) groups is 1. The van der Waals surface area contributed by atoms with Crippen molar-refractivity contribution in [1.29, 1.82) is 0 Å². The highest BCUT2D eigenvalue weighted by Crippen LogP contribution is 2.33. The van der Waals surface area contributed by atoms with Gasteiger partial charge in [0.25, 0.3) is 0 Å². The first kappa shape index (κ1) is 22.6. The SMILES string of the molecule is CCC1CN(C(=O)CSc2nnc(-c3ccccc3OC)n2-c2ccc(Cl)cc2)CCO1. The lowest BCUT2D eigenvalue weighted by molar-refractivity contribution is -0.135. The first-order chi connectivity index (χ1) is 15.6. The quantitative estimate of drug-likeness (QED) is 0.477. The highest BCUT2D eigenvalue weighted by Gasteiger charge is 2.25. The lowest BCUT2D eigenvalue weighted by Gasteiger charge is -2.32. The summed E-state index contributed by atoms with van der Waals surface area (Å²) in [5.74, 6) is 1.67. The number of hydrogen-bond acceptors (Lipinski definition) is 6. The maximum absolute atomic E-state index is 12.9. The van der Waals surface area contributed by atoms with Crippen molar-refractivity contribution >= 4 is 29.3 Å². The summed E-state index contributed by atoms with van der Waals surface area (Å²) in [7, 11) is 1.63. The van der Waals surface area contributed by atoms with Crippen LogP contribution in [-0.4, -0.2) is 64.2 Å². The maximum Gasteiger partial charge on any atom is 0.233 e. The molecule has 0 N–H and O–H groups in total. The van der Waals surface area contributed by atoms with Gasteiger partial charge in [0, 0.05) is 23.8 Å². The summed E-state index contributed by atoms with van der Waals surface area (Å²) in [6, 6.07) is 15.1. The molecule has 1 fully saturated rings. The first-order valence-electron chi connectivity index (χ1n) is 10.5. The van der Waals surface area contributed by atoms with Crippen molar-refractivity contribution in [1.82, 2.24) is 19.7 Å². The van der Waals surface area contributed by atoms with Crippen molar-refractivity contribution in [2.45, 2.75) is 24.6 Å². The molecule has 2 aromatic carbocycles. The second-order valence-corrected chi connectivity index (χ2v) is 8.73. The van der Waals surface area contributed by atoms with Crippen LogP contribution in [0.2, 0.25) is 5.02 Å². The Labute approximate surface area is 196 Å². The minimum atomic E-state index is 0.0706. The molecule has 7 nitrogen and oxygen atoms in total. The number of carbonyl (C=O) groups excluding carboxylic acids is 1. The standard InChI is InChI=1S/C23H25ClN4O3S/c1-3-18-14-27(12-13-31-18)21(29)15-32-23-26-25-22(19-6-4-5-7-20(19)30-2)28(23)17-10-8-16(24)9-11-17/h4-11,18H,3,12-15H2,1-2H3. The topological polar surface area (TPSA) is 69.5 Å². The molecule has 9 heteroatoms. The van der Waals surface area contributed by atoms with Gasteiger partial charge in [-0.05, 0) is 42.8 Å². The molecular weight excluding hydrogens is 448 g/mol. The van der Waals surface area contributed by atoms with Crippen LogP contribution in [0.3, 0.4) is 0 Å². The van der Waals surface area contributed by atoms with Gasteiger partial charge in [-0.1, -0.05) is 42.4 Å². The van der Waals surface area contributed by atoms with Gasteiger partial charge in [-0.25, -0.2) is 0 Å². The van der Waals surface area contributed by atoms with Gasteiger partial charge in [0.1, 0.15) is 5.75 Å². The maximum atomic E-state index is 12.9. The molecule has 1 saturated heterocycles. The molecule has 1 amide bonds. The Hall–Kier alpha value is -2.55. The van der Waals surface area contributed by atoms with Crippen LogP contribution >= 0.6 is 23.4 Å². The van der Waals surface area contributed by atoms with Gasteiger partial charge in [-0.15, -0.1) is 10.2 Å². The number of ether oxygens (including phenoxy) is 2. The fourth-order valence-corrected chi connectivity index (χ4v) is 4.58. The Balaban J connectivity index is 1.63. The van der Waals surface area contributed by atoms with E-state index < -0.39 is 0 Å². The molecule has 1 aromatic heterocycles. The van der Waals surface area contributed by atoms with Crippen molar-refractivity contribution in [3.05, 3.63) is 53.6 Å². The Bertz CT molecular complexity index is 1070. The molecule has 3 aromatic rings. The molecule has 0 spiro atoms. The van der Waals surface area contributed by atoms with Crippen LogP contribution in [0.15, 0.2) is 53.7 Å². The van der Waals surface area contributed by atoms with Gasteiger partial charge in [-0.3, -0.25) is 9.36 Å². The molecule has 1 atom stereocenters. The van der Waals surface area contributed by atoms with Crippen LogP contribution < -0.4 is 4.74 Å². The van der Waals surface area contributed by atoms with Gasteiger partial charge >= 0.3 is 0 Å². The summed E-state index contributed by atoms with van der Waals surface area (Å²) in [6.45, 7) is 3.90. The van der Waals surface area contributed by atoms with Crippen molar-refractivity contribution in [2.75, 3.05) is 32.6 Å². The molecule has 0 aliphatic carbocycles. The number of rotatable bonds is 7. The Morgan fingerprint density at radius 2 is 2.00 bits per heavy atom. The monoisotopic (exact) mass is 472 g/mol. The van der Waals surface area contributed by atoms with E-state index in [1.54, 1.807) is 7.11 Å². The van der Waals surface area contributed by atoms with E-state index >= 15 is 0 Å². The molecule has 2 heterocycles. The third-order valence-electron chi connectivity index (χ3n) is 5.34. The fourth-order valence-electron chi connectivity index (χ4n) is 3.60. The number of methoxy groups -OCH3 is 1. The highest BCUT2D eigenvalue weighted by molar-refractivity contribution is 7.99. The van der Waals surface area contributed by atoms with E-state index in [0.29, 0.717) is 41.4 Å². The van der Waals surface area contributed by atoms with Gasteiger partial charge in [0.2, 0.25) is 5.91 Å². The van der Waals surface area contributed by atoms with Gasteiger partial charge in [0.05, 0.1) is 31.1 Å². The largest absolute Gasteiger partial charge is 0.496 e. The number of halogens is 1. The second kappa shape index (κ2) is 10.4. The number of carbonyl (C=O) groups is 1. The number of amides is 1. The number of benzene rings is 2. The minimum absolute atomic E-state index is 0.0706. The fraction of sp³-hybridized carbons (Fsp3) is 0.348. The molecule has 0 bridgehead atoms. The minimum Gasteiger partial charge on any atom is -0.496 e. The Morgan fingerprint density at radius 3 is 2.75 bits per heavy atom. The van der Waals surface area contributed by atoms with Crippen LogP contribution in [0.4, 0.5) is 0 Å². The van der Waals surface area contributed by atoms with E-state index in [-0.39, 0.29) is 17.8 Å². The summed E-state index contributed by atoms with van der Waals surface area (Å²) in [5, 5.41) is 10.1. The Kier molecular flexibility index (Phi) is 7.34. The lowest BCUT2D eigenvalue weighted by Crippen LogP contribution is -2.46. The van der Waals surface area contributed by atoms with Gasteiger partial charge in [0.15, 0.2) is 11.0 Å². The van der Waals surface area contributed by atoms with Crippen LogP contribution in [0.5, 0.6) is 5.75 Å². The van der Waals surface area contributed by atoms with Crippen LogP contribution in [0.25, 0.3) is 17.1 Å². The van der Waals surface area contributed by atoms with Crippen molar-refractivity contribution < 1.29 is 14.3 Å². The summed E-state index contributed by atoms with van der Waals surface area (Å²) in [6.07, 6.45) is 0.997. The number of hydrogen-bond donors (Lipinski definition) is 0. The zero-order valence-corrected chi connectivity index (χ0v) is 19.6. The van der Waals surface area contributed by atoms with E-state index in [9.17, 15) is 4.79 Å². The number of nitrogens with zero attached hydrogens (tertiary/aromatic N) is 4. The van der Waals surface area contributed by atoms with Gasteiger partial charge < -0.3 is 14.4 Å². The first-order valence-corrected chi connectivity index (χ1v) is 11.8. The van der Waals surface area contributed by atoms with E-state index in [1.165, 1.54) is 11.8 Å². The molecule has 1 aliphatic rings. The number of para-hydroxylation sites is 1. The zero-order chi connectivity index (χ0) is 22.5. The normalized spacial score (nSPS) is 16.2. The molecule has 4 rings (SSSR count). The van der Waals surface area contributed by atoms with Crippen LogP contribution in [-0.2, 0) is 9.53 Å². The summed E-state index contributed by atoms with van der Waals surface area (Å²) >= 11 is 7.47. The summed E-state index contributed by atoms with van der Waals surface area (Å²) in [4.78, 5) is 14.7. The predicted molar refractivity (Wildman–Crippen MR) is 126 cm³/mol. The third kappa shape index (κ3) is 4.92. The Morgan fingerprint density at radius 1 is 1.22 bits per heavy atom. The van der Waals surface area contributed by atoms with E-state index in [1.807, 2.05) is 58.0 Å². The van der Waals surface area contributed by atoms with E-state index in [0.717, 1.165) is 17.7 Å². The summed E-state index contributed by atoms with van der Waals surface area (Å²) < 4.78 is 13.1. The average molecular weight is 473 g/mol. The van der Waals surface area contributed by atoms with Crippen molar-refractivity contribution in [3.8, 4) is 22.8 Å². The lowest BCUT2D eigenvalue weighted by atomic mass is 10.2. The van der Waals surface area contributed by atoms with E-state index in [2.05, 4.69) is 17.1 Å². The summed E-state index contributed by atoms with van der Waals surface area (Å²) in [5.41, 5.74) is 1.67. The molecule has 0 radical (unpaired) electrons. The third-order valence-corrected chi connectivity index (χ3v) is 6.50. The molecule has 168 valence electrons. The van der Waals surface area contributed by atoms with E-state index in [4.69, 9.17) is 21.1 Å². The van der Waals surface area contributed by atoms with Crippen molar-refractivity contribution in [3.63, 3.8) is 0 Å². The van der Waals surface area contributed by atoms with Crippen molar-refractivity contribution in [2.24, 2.45) is 0 Å². The second-order valence-electron chi connectivity index (χ2n) is 7.35. The molecule has 32 heavy (non-hydrogen) atoms. The van der Waals surface area contributed by atoms with Gasteiger partial charge in [-0.2, -0.15) is 0 Å². The molecule has 0 saturated carbocycles.